The second-order valence-electron chi connectivity index (χ2n) is 4.57. The third kappa shape index (κ3) is 2.47. The number of carbonyl (C=O) groups is 1. The van der Waals surface area contributed by atoms with Crippen molar-refractivity contribution in [1.82, 2.24) is 4.98 Å². The highest BCUT2D eigenvalue weighted by Crippen LogP contribution is 2.28. The molecule has 0 saturated carbocycles. The molecule has 0 aliphatic carbocycles. The second kappa shape index (κ2) is 5.02. The van der Waals surface area contributed by atoms with Crippen LogP contribution in [0, 0.1) is 0 Å². The molecule has 0 N–H and O–H groups in total. The van der Waals surface area contributed by atoms with Crippen molar-refractivity contribution in [3.05, 3.63) is 58.9 Å². The Morgan fingerprint density at radius 3 is 2.89 bits per heavy atom. The first-order chi connectivity index (χ1) is 9.24. The van der Waals surface area contributed by atoms with E-state index in [9.17, 15) is 4.79 Å². The Labute approximate surface area is 116 Å². The molecule has 1 aromatic carbocycles. The molecule has 1 aliphatic heterocycles. The zero-order valence-electron chi connectivity index (χ0n) is 10.3. The van der Waals surface area contributed by atoms with Gasteiger partial charge in [-0.15, -0.1) is 0 Å². The topological polar surface area (TPSA) is 33.2 Å². The number of aromatic nitrogens is 1. The number of para-hydroxylation sites is 1. The second-order valence-corrected chi connectivity index (χ2v) is 5.01. The van der Waals surface area contributed by atoms with E-state index in [0.29, 0.717) is 18.0 Å². The van der Waals surface area contributed by atoms with Gasteiger partial charge in [-0.25, -0.2) is 0 Å². The summed E-state index contributed by atoms with van der Waals surface area (Å²) in [4.78, 5) is 18.2. The van der Waals surface area contributed by atoms with Gasteiger partial charge in [0.15, 0.2) is 0 Å². The Balaban J connectivity index is 1.94. The molecule has 1 aliphatic rings. The summed E-state index contributed by atoms with van der Waals surface area (Å²) in [5.74, 6) is 0.139. The van der Waals surface area contributed by atoms with Gasteiger partial charge in [-0.3, -0.25) is 9.78 Å². The zero-order valence-corrected chi connectivity index (χ0v) is 11.1. The molecule has 1 amide bonds. The molecular weight excluding hydrogens is 260 g/mol. The highest BCUT2D eigenvalue weighted by atomic mass is 35.5. The van der Waals surface area contributed by atoms with Gasteiger partial charge in [-0.05, 0) is 30.2 Å². The normalized spacial score (nSPS) is 14.4. The summed E-state index contributed by atoms with van der Waals surface area (Å²) < 4.78 is 0. The van der Waals surface area contributed by atoms with Gasteiger partial charge >= 0.3 is 0 Å². The zero-order chi connectivity index (χ0) is 13.2. The first-order valence-electron chi connectivity index (χ1n) is 6.23. The highest BCUT2D eigenvalue weighted by molar-refractivity contribution is 6.30. The molecule has 3 rings (SSSR count). The number of hydrogen-bond acceptors (Lipinski definition) is 2. The van der Waals surface area contributed by atoms with E-state index in [0.717, 1.165) is 17.8 Å². The SMILES string of the molecule is O=C1CCc2ccccc2N1Cc1cc(Cl)ccn1. The first kappa shape index (κ1) is 12.2. The van der Waals surface area contributed by atoms with E-state index in [-0.39, 0.29) is 5.91 Å². The van der Waals surface area contributed by atoms with E-state index >= 15 is 0 Å². The lowest BCUT2D eigenvalue weighted by Crippen LogP contribution is -2.34. The summed E-state index contributed by atoms with van der Waals surface area (Å²) in [5, 5.41) is 0.641. The Bertz CT molecular complexity index is 627. The number of aryl methyl sites for hydroxylation is 1. The lowest BCUT2D eigenvalue weighted by atomic mass is 10.0. The number of anilines is 1. The standard InChI is InChI=1S/C15H13ClN2O/c16-12-7-8-17-13(9-12)10-18-14-4-2-1-3-11(14)5-6-15(18)19/h1-4,7-9H,5-6,10H2. The Morgan fingerprint density at radius 1 is 1.21 bits per heavy atom. The molecule has 19 heavy (non-hydrogen) atoms. The maximum atomic E-state index is 12.1. The van der Waals surface area contributed by atoms with Crippen LogP contribution in [0.2, 0.25) is 5.02 Å². The van der Waals surface area contributed by atoms with Crippen LogP contribution in [0.25, 0.3) is 0 Å². The maximum absolute atomic E-state index is 12.1. The van der Waals surface area contributed by atoms with Crippen LogP contribution < -0.4 is 4.90 Å². The molecule has 0 bridgehead atoms. The molecular formula is C15H13ClN2O. The van der Waals surface area contributed by atoms with Gasteiger partial charge in [0, 0.05) is 23.3 Å². The van der Waals surface area contributed by atoms with Crippen molar-refractivity contribution in [2.75, 3.05) is 4.90 Å². The number of nitrogens with zero attached hydrogens (tertiary/aromatic N) is 2. The number of pyridine rings is 1. The minimum absolute atomic E-state index is 0.139. The Morgan fingerprint density at radius 2 is 2.05 bits per heavy atom. The highest BCUT2D eigenvalue weighted by Gasteiger charge is 2.23. The predicted molar refractivity (Wildman–Crippen MR) is 75.2 cm³/mol. The fourth-order valence-electron chi connectivity index (χ4n) is 2.37. The third-order valence-corrected chi connectivity index (χ3v) is 3.53. The van der Waals surface area contributed by atoms with E-state index in [4.69, 9.17) is 11.6 Å². The van der Waals surface area contributed by atoms with Gasteiger partial charge in [0.25, 0.3) is 0 Å². The number of carbonyl (C=O) groups excluding carboxylic acids is 1. The van der Waals surface area contributed by atoms with E-state index in [1.54, 1.807) is 23.2 Å². The van der Waals surface area contributed by atoms with Crippen LogP contribution in [-0.4, -0.2) is 10.9 Å². The number of fused-ring (bicyclic) bond motifs is 1. The number of benzene rings is 1. The lowest BCUT2D eigenvalue weighted by molar-refractivity contribution is -0.119. The van der Waals surface area contributed by atoms with Crippen molar-refractivity contribution in [2.24, 2.45) is 0 Å². The fourth-order valence-corrected chi connectivity index (χ4v) is 2.55. The van der Waals surface area contributed by atoms with Crippen LogP contribution >= 0.6 is 11.6 Å². The number of halogens is 1. The van der Waals surface area contributed by atoms with Crippen LogP contribution in [0.5, 0.6) is 0 Å². The van der Waals surface area contributed by atoms with Crippen molar-refractivity contribution in [3.63, 3.8) is 0 Å². The monoisotopic (exact) mass is 272 g/mol. The predicted octanol–water partition coefficient (Wildman–Crippen LogP) is 3.21. The van der Waals surface area contributed by atoms with Gasteiger partial charge in [0.1, 0.15) is 0 Å². The summed E-state index contributed by atoms with van der Waals surface area (Å²) in [6.45, 7) is 0.469. The van der Waals surface area contributed by atoms with Gasteiger partial charge in [0.2, 0.25) is 5.91 Å². The molecule has 0 fully saturated rings. The first-order valence-corrected chi connectivity index (χ1v) is 6.60. The van der Waals surface area contributed by atoms with Crippen molar-refractivity contribution < 1.29 is 4.79 Å². The summed E-state index contributed by atoms with van der Waals surface area (Å²) in [7, 11) is 0. The van der Waals surface area contributed by atoms with Gasteiger partial charge in [-0.2, -0.15) is 0 Å². The van der Waals surface area contributed by atoms with Crippen molar-refractivity contribution in [2.45, 2.75) is 19.4 Å². The van der Waals surface area contributed by atoms with Crippen LogP contribution in [0.3, 0.4) is 0 Å². The summed E-state index contributed by atoms with van der Waals surface area (Å²) in [6, 6.07) is 11.5. The van der Waals surface area contributed by atoms with Gasteiger partial charge in [0.05, 0.1) is 12.2 Å². The minimum Gasteiger partial charge on any atom is -0.306 e. The van der Waals surface area contributed by atoms with Gasteiger partial charge < -0.3 is 4.90 Å². The molecule has 1 aromatic heterocycles. The van der Waals surface area contributed by atoms with Gasteiger partial charge in [-0.1, -0.05) is 29.8 Å². The van der Waals surface area contributed by atoms with Crippen molar-refractivity contribution in [3.8, 4) is 0 Å². The number of amides is 1. The average molecular weight is 273 g/mol. The van der Waals surface area contributed by atoms with Crippen molar-refractivity contribution in [1.29, 1.82) is 0 Å². The molecule has 2 heterocycles. The number of rotatable bonds is 2. The molecule has 3 nitrogen and oxygen atoms in total. The van der Waals surface area contributed by atoms with Crippen LogP contribution in [0.1, 0.15) is 17.7 Å². The smallest absolute Gasteiger partial charge is 0.227 e. The van der Waals surface area contributed by atoms with Crippen molar-refractivity contribution >= 4 is 23.2 Å². The lowest BCUT2D eigenvalue weighted by Gasteiger charge is -2.29. The minimum atomic E-state index is 0.139. The third-order valence-electron chi connectivity index (χ3n) is 3.29. The number of hydrogen-bond donors (Lipinski definition) is 0. The Hall–Kier alpha value is -1.87. The molecule has 96 valence electrons. The molecule has 0 unspecified atom stereocenters. The molecule has 0 saturated heterocycles. The summed E-state index contributed by atoms with van der Waals surface area (Å²) in [6.07, 6.45) is 3.03. The summed E-state index contributed by atoms with van der Waals surface area (Å²) in [5.41, 5.74) is 3.00. The molecule has 4 heteroatoms. The molecule has 2 aromatic rings. The van der Waals surface area contributed by atoms with E-state index in [1.807, 2.05) is 18.2 Å². The van der Waals surface area contributed by atoms with Crippen LogP contribution in [0.15, 0.2) is 42.6 Å². The molecule has 0 spiro atoms. The average Bonchev–Trinajstić information content (AvgIpc) is 2.42. The largest absolute Gasteiger partial charge is 0.306 e. The quantitative estimate of drug-likeness (QED) is 0.841. The van der Waals surface area contributed by atoms with E-state index < -0.39 is 0 Å². The van der Waals surface area contributed by atoms with Crippen LogP contribution in [-0.2, 0) is 17.8 Å². The molecule has 0 radical (unpaired) electrons. The van der Waals surface area contributed by atoms with Crippen LogP contribution in [0.4, 0.5) is 5.69 Å². The Kier molecular flexibility index (Phi) is 3.22. The maximum Gasteiger partial charge on any atom is 0.227 e. The summed E-state index contributed by atoms with van der Waals surface area (Å²) >= 11 is 5.96. The van der Waals surface area contributed by atoms with E-state index in [2.05, 4.69) is 11.1 Å². The fraction of sp³-hybridized carbons (Fsp3) is 0.200. The van der Waals surface area contributed by atoms with E-state index in [1.165, 1.54) is 5.56 Å². The molecule has 0 atom stereocenters.